The van der Waals surface area contributed by atoms with Crippen molar-refractivity contribution in [3.63, 3.8) is 0 Å². The highest BCUT2D eigenvalue weighted by Gasteiger charge is 2.06. The number of hydrogen-bond donors (Lipinski definition) is 0. The summed E-state index contributed by atoms with van der Waals surface area (Å²) in [6.07, 6.45) is 8.59. The molecule has 0 aliphatic carbocycles. The van der Waals surface area contributed by atoms with Crippen molar-refractivity contribution in [1.82, 2.24) is 4.98 Å². The average molecular weight is 155 g/mol. The van der Waals surface area contributed by atoms with E-state index in [1.807, 2.05) is 18.3 Å². The van der Waals surface area contributed by atoms with Crippen molar-refractivity contribution >= 4 is 10.0 Å². The summed E-state index contributed by atoms with van der Waals surface area (Å²) in [5, 5.41) is 1.23. The minimum absolute atomic E-state index is 0.614. The predicted octanol–water partition coefficient (Wildman–Crippen LogP) is 2.13. The molecule has 0 bridgehead atoms. The molecule has 0 aliphatic heterocycles. The number of aromatic nitrogens is 1. The maximum Gasteiger partial charge on any atom is 0.0783 e. The highest BCUT2D eigenvalue weighted by Crippen LogP contribution is 2.42. The van der Waals surface area contributed by atoms with Crippen molar-refractivity contribution < 1.29 is 0 Å². The highest BCUT2D eigenvalue weighted by atomic mass is 32.3. The van der Waals surface area contributed by atoms with Gasteiger partial charge < -0.3 is 0 Å². The van der Waals surface area contributed by atoms with Crippen LogP contribution in [-0.2, 0) is 0 Å². The highest BCUT2D eigenvalue weighted by molar-refractivity contribution is 8.32. The fourth-order valence-electron chi connectivity index (χ4n) is 0.709. The van der Waals surface area contributed by atoms with Crippen LogP contribution in [0.25, 0.3) is 0 Å². The predicted molar refractivity (Wildman–Crippen MR) is 47.9 cm³/mol. The van der Waals surface area contributed by atoms with Crippen LogP contribution in [0, 0.1) is 0 Å². The molecular weight excluding hydrogens is 142 g/mol. The van der Waals surface area contributed by atoms with E-state index in [0.29, 0.717) is 0 Å². The molecule has 0 radical (unpaired) electrons. The summed E-state index contributed by atoms with van der Waals surface area (Å²) in [5.74, 6) is 0. The van der Waals surface area contributed by atoms with Gasteiger partial charge in [0.15, 0.2) is 0 Å². The van der Waals surface area contributed by atoms with Gasteiger partial charge in [-0.15, -0.1) is 0 Å². The summed E-state index contributed by atoms with van der Waals surface area (Å²) in [6.45, 7) is 0. The molecule has 0 spiro atoms. The van der Waals surface area contributed by atoms with Gasteiger partial charge in [-0.05, 0) is 30.9 Å². The lowest BCUT2D eigenvalue weighted by Crippen LogP contribution is -1.94. The molecule has 2 heteroatoms. The molecule has 1 aromatic heterocycles. The summed E-state index contributed by atoms with van der Waals surface area (Å²) in [7, 11) is -0.614. The lowest BCUT2D eigenvalue weighted by molar-refractivity contribution is 1.12. The number of hydrogen-bond acceptors (Lipinski definition) is 1. The molecule has 1 heterocycles. The van der Waals surface area contributed by atoms with E-state index < -0.39 is 10.0 Å². The molecule has 56 valence electrons. The molecule has 0 saturated heterocycles. The first-order valence-electron chi connectivity index (χ1n) is 3.20. The van der Waals surface area contributed by atoms with Gasteiger partial charge in [-0.1, -0.05) is 6.07 Å². The van der Waals surface area contributed by atoms with Crippen LogP contribution in [0.3, 0.4) is 0 Å². The lowest BCUT2D eigenvalue weighted by atomic mass is 10.5. The van der Waals surface area contributed by atoms with Gasteiger partial charge in [0.25, 0.3) is 0 Å². The Labute approximate surface area is 63.8 Å². The van der Waals surface area contributed by atoms with Crippen molar-refractivity contribution in [3.8, 4) is 0 Å². The molecule has 1 aromatic rings. The fraction of sp³-hybridized carbons (Fsp3) is 0.375. The van der Waals surface area contributed by atoms with Crippen molar-refractivity contribution in [2.45, 2.75) is 5.03 Å². The Bertz CT molecular complexity index is 200. The molecule has 0 aliphatic rings. The van der Waals surface area contributed by atoms with Crippen molar-refractivity contribution in [3.05, 3.63) is 24.4 Å². The van der Waals surface area contributed by atoms with Gasteiger partial charge >= 0.3 is 0 Å². The van der Waals surface area contributed by atoms with Gasteiger partial charge in [0.1, 0.15) is 0 Å². The van der Waals surface area contributed by atoms with Crippen molar-refractivity contribution in [1.29, 1.82) is 0 Å². The van der Waals surface area contributed by atoms with Crippen LogP contribution in [0.15, 0.2) is 29.4 Å². The van der Waals surface area contributed by atoms with E-state index in [4.69, 9.17) is 0 Å². The number of pyridine rings is 1. The van der Waals surface area contributed by atoms with E-state index in [2.05, 4.69) is 29.8 Å². The minimum Gasteiger partial charge on any atom is -0.252 e. The van der Waals surface area contributed by atoms with Gasteiger partial charge in [-0.2, -0.15) is 0 Å². The molecule has 10 heavy (non-hydrogen) atoms. The molecule has 0 amide bonds. The van der Waals surface area contributed by atoms with Crippen LogP contribution in [0.1, 0.15) is 0 Å². The Morgan fingerprint density at radius 3 is 2.20 bits per heavy atom. The quantitative estimate of drug-likeness (QED) is 0.605. The topological polar surface area (TPSA) is 12.9 Å². The minimum atomic E-state index is -0.614. The molecular formula is C8H13NS. The fourth-order valence-corrected chi connectivity index (χ4v) is 1.57. The van der Waals surface area contributed by atoms with E-state index in [1.54, 1.807) is 0 Å². The first kappa shape index (κ1) is 7.61. The first-order chi connectivity index (χ1) is 4.61. The van der Waals surface area contributed by atoms with Crippen LogP contribution in [-0.4, -0.2) is 23.8 Å². The molecule has 0 fully saturated rings. The summed E-state index contributed by atoms with van der Waals surface area (Å²) < 4.78 is 0. The van der Waals surface area contributed by atoms with E-state index in [-0.39, 0.29) is 0 Å². The maximum atomic E-state index is 4.29. The molecule has 0 unspecified atom stereocenters. The third kappa shape index (κ3) is 1.74. The monoisotopic (exact) mass is 155 g/mol. The molecule has 0 N–H and O–H groups in total. The number of rotatable bonds is 1. The average Bonchev–Trinajstić information content (AvgIpc) is 1.88. The zero-order chi connectivity index (χ0) is 7.61. The SMILES string of the molecule is CS(C)(C)c1ccccn1. The maximum absolute atomic E-state index is 4.29. The van der Waals surface area contributed by atoms with Gasteiger partial charge in [-0.25, -0.2) is 10.0 Å². The molecule has 0 saturated carbocycles. The summed E-state index contributed by atoms with van der Waals surface area (Å²) >= 11 is 0. The Kier molecular flexibility index (Phi) is 2.00. The second-order valence-electron chi connectivity index (χ2n) is 3.01. The van der Waals surface area contributed by atoms with Gasteiger partial charge in [0.2, 0.25) is 0 Å². The van der Waals surface area contributed by atoms with E-state index in [0.717, 1.165) is 0 Å². The summed E-state index contributed by atoms with van der Waals surface area (Å²) in [6, 6.07) is 6.09. The Morgan fingerprint density at radius 1 is 1.20 bits per heavy atom. The summed E-state index contributed by atoms with van der Waals surface area (Å²) in [5.41, 5.74) is 0. The molecule has 0 atom stereocenters. The largest absolute Gasteiger partial charge is 0.252 e. The van der Waals surface area contributed by atoms with Gasteiger partial charge in [0.05, 0.1) is 5.03 Å². The van der Waals surface area contributed by atoms with Crippen LogP contribution < -0.4 is 0 Å². The van der Waals surface area contributed by atoms with E-state index >= 15 is 0 Å². The third-order valence-electron chi connectivity index (χ3n) is 1.27. The van der Waals surface area contributed by atoms with Crippen LogP contribution in [0.2, 0.25) is 0 Å². The Hall–Kier alpha value is -0.500. The van der Waals surface area contributed by atoms with Gasteiger partial charge in [-0.3, -0.25) is 4.98 Å². The van der Waals surface area contributed by atoms with Crippen molar-refractivity contribution in [2.24, 2.45) is 0 Å². The lowest BCUT2D eigenvalue weighted by Gasteiger charge is -2.23. The second-order valence-corrected chi connectivity index (χ2v) is 7.10. The molecule has 0 aromatic carbocycles. The normalized spacial score (nSPS) is 13.1. The second kappa shape index (κ2) is 2.62. The molecule has 1 rings (SSSR count). The Morgan fingerprint density at radius 2 is 1.90 bits per heavy atom. The van der Waals surface area contributed by atoms with Crippen LogP contribution in [0.5, 0.6) is 0 Å². The van der Waals surface area contributed by atoms with Crippen molar-refractivity contribution in [2.75, 3.05) is 18.8 Å². The standard InChI is InChI=1S/C8H13NS/c1-10(2,3)8-6-4-5-7-9-8/h4-7H,1-3H3. The van der Waals surface area contributed by atoms with Crippen LogP contribution in [0.4, 0.5) is 0 Å². The first-order valence-corrected chi connectivity index (χ1v) is 6.06. The third-order valence-corrected chi connectivity index (χ3v) is 2.76. The smallest absolute Gasteiger partial charge is 0.0783 e. The van der Waals surface area contributed by atoms with E-state index in [1.165, 1.54) is 5.03 Å². The van der Waals surface area contributed by atoms with Gasteiger partial charge in [0, 0.05) is 6.20 Å². The van der Waals surface area contributed by atoms with E-state index in [9.17, 15) is 0 Å². The summed E-state index contributed by atoms with van der Waals surface area (Å²) in [4.78, 5) is 4.29. The Balaban J connectivity index is 2.97. The zero-order valence-corrected chi connectivity index (χ0v) is 7.48. The van der Waals surface area contributed by atoms with Crippen LogP contribution >= 0.6 is 10.0 Å². The molecule has 1 nitrogen and oxygen atoms in total. The number of nitrogens with zero attached hydrogens (tertiary/aromatic N) is 1. The zero-order valence-electron chi connectivity index (χ0n) is 6.66.